The van der Waals surface area contributed by atoms with Gasteiger partial charge in [0.25, 0.3) is 5.91 Å². The molecule has 0 unspecified atom stereocenters. The maximum absolute atomic E-state index is 12.9. The van der Waals surface area contributed by atoms with Gasteiger partial charge in [0.15, 0.2) is 0 Å². The van der Waals surface area contributed by atoms with Gasteiger partial charge in [0.1, 0.15) is 0 Å². The molecule has 0 aliphatic carbocycles. The molecule has 1 atom stereocenters. The number of ether oxygens (including phenoxy) is 1. The van der Waals surface area contributed by atoms with Gasteiger partial charge in [-0.25, -0.2) is 4.79 Å². The van der Waals surface area contributed by atoms with Crippen molar-refractivity contribution >= 4 is 17.9 Å². The number of hydrogen-bond donors (Lipinski definition) is 2. The van der Waals surface area contributed by atoms with Gasteiger partial charge in [-0.1, -0.05) is 36.8 Å². The van der Waals surface area contributed by atoms with E-state index in [0.29, 0.717) is 31.6 Å². The van der Waals surface area contributed by atoms with Crippen LogP contribution in [-0.4, -0.2) is 42.4 Å². The molecule has 1 heterocycles. The molecule has 3 N–H and O–H groups in total. The maximum atomic E-state index is 12.9. The molecule has 1 aliphatic rings. The largest absolute Gasteiger partial charge is 0.447 e. The van der Waals surface area contributed by atoms with Gasteiger partial charge in [0.2, 0.25) is 6.10 Å². The lowest BCUT2D eigenvalue weighted by Crippen LogP contribution is -2.40. The fraction of sp³-hybridized carbons (Fsp3) is 0.550. The summed E-state index contributed by atoms with van der Waals surface area (Å²) in [5, 5.41) is 2.51. The molecule has 7 heteroatoms. The van der Waals surface area contributed by atoms with Gasteiger partial charge in [0, 0.05) is 31.6 Å². The van der Waals surface area contributed by atoms with E-state index in [4.69, 9.17) is 10.5 Å². The summed E-state index contributed by atoms with van der Waals surface area (Å²) < 4.78 is 5.58. The van der Waals surface area contributed by atoms with Crippen LogP contribution in [0, 0.1) is 0 Å². The van der Waals surface area contributed by atoms with Crippen LogP contribution in [0.2, 0.25) is 0 Å². The van der Waals surface area contributed by atoms with E-state index >= 15 is 0 Å². The fourth-order valence-electron chi connectivity index (χ4n) is 3.14. The molecule has 1 aliphatic heterocycles. The normalized spacial score (nSPS) is 15.0. The Morgan fingerprint density at radius 3 is 2.41 bits per heavy atom. The number of rotatable bonds is 9. The highest BCUT2D eigenvalue weighted by Crippen LogP contribution is 2.23. The number of nitrogens with one attached hydrogen (secondary N) is 1. The lowest BCUT2D eigenvalue weighted by Gasteiger charge is -2.30. The monoisotopic (exact) mass is 375 g/mol. The summed E-state index contributed by atoms with van der Waals surface area (Å²) in [6.07, 6.45) is 4.61. The van der Waals surface area contributed by atoms with E-state index in [1.54, 1.807) is 4.90 Å². The van der Waals surface area contributed by atoms with E-state index in [9.17, 15) is 14.4 Å². The summed E-state index contributed by atoms with van der Waals surface area (Å²) in [6.45, 7) is 1.92. The zero-order chi connectivity index (χ0) is 19.5. The first-order valence-corrected chi connectivity index (χ1v) is 9.64. The minimum Gasteiger partial charge on any atom is -0.447 e. The van der Waals surface area contributed by atoms with Gasteiger partial charge in [0.05, 0.1) is 0 Å². The maximum Gasteiger partial charge on any atom is 0.312 e. The summed E-state index contributed by atoms with van der Waals surface area (Å²) in [4.78, 5) is 37.6. The number of primary amides is 1. The molecule has 1 aromatic carbocycles. The van der Waals surface area contributed by atoms with E-state index in [2.05, 4.69) is 5.32 Å². The predicted molar refractivity (Wildman–Crippen MR) is 102 cm³/mol. The predicted octanol–water partition coefficient (Wildman–Crippen LogP) is 2.51. The van der Waals surface area contributed by atoms with Crippen molar-refractivity contribution in [2.75, 3.05) is 19.6 Å². The van der Waals surface area contributed by atoms with Crippen LogP contribution in [0.25, 0.3) is 0 Å². The fourth-order valence-corrected chi connectivity index (χ4v) is 3.14. The van der Waals surface area contributed by atoms with Gasteiger partial charge in [-0.2, -0.15) is 0 Å². The highest BCUT2D eigenvalue weighted by Gasteiger charge is 2.30. The summed E-state index contributed by atoms with van der Waals surface area (Å²) in [6, 6.07) is 8.63. The van der Waals surface area contributed by atoms with Crippen molar-refractivity contribution in [3.8, 4) is 0 Å². The van der Waals surface area contributed by atoms with Crippen molar-refractivity contribution in [1.29, 1.82) is 0 Å². The topological polar surface area (TPSA) is 102 Å². The Balaban J connectivity index is 1.87. The van der Waals surface area contributed by atoms with Crippen LogP contribution in [0.15, 0.2) is 30.3 Å². The number of amides is 3. The molecule has 27 heavy (non-hydrogen) atoms. The van der Waals surface area contributed by atoms with Crippen molar-refractivity contribution in [1.82, 2.24) is 10.2 Å². The second-order valence-electron chi connectivity index (χ2n) is 6.77. The molecule has 2 rings (SSSR count). The summed E-state index contributed by atoms with van der Waals surface area (Å²) in [5.41, 5.74) is 5.70. The number of nitrogens with two attached hydrogens (primary N) is 1. The SMILES string of the molecule is NC(=O)NCCCCCC(=O)O[C@@H](C(=O)N1CCCCC1)c1ccccc1. The Labute approximate surface area is 160 Å². The zero-order valence-corrected chi connectivity index (χ0v) is 15.7. The number of piperidine rings is 1. The minimum atomic E-state index is -0.881. The third-order valence-electron chi connectivity index (χ3n) is 4.60. The average Bonchev–Trinajstić information content (AvgIpc) is 2.69. The molecule has 1 aromatic rings. The van der Waals surface area contributed by atoms with Crippen molar-refractivity contribution in [3.05, 3.63) is 35.9 Å². The van der Waals surface area contributed by atoms with Crippen LogP contribution in [0.5, 0.6) is 0 Å². The number of carbonyl (C=O) groups excluding carboxylic acids is 3. The Bertz CT molecular complexity index is 615. The Morgan fingerprint density at radius 2 is 1.74 bits per heavy atom. The number of likely N-dealkylation sites (tertiary alicyclic amines) is 1. The summed E-state index contributed by atoms with van der Waals surface area (Å²) in [7, 11) is 0. The van der Waals surface area contributed by atoms with Gasteiger partial charge in [-0.15, -0.1) is 0 Å². The van der Waals surface area contributed by atoms with Gasteiger partial charge < -0.3 is 20.7 Å². The Hall–Kier alpha value is -2.57. The smallest absolute Gasteiger partial charge is 0.312 e. The van der Waals surface area contributed by atoms with Crippen molar-refractivity contribution in [3.63, 3.8) is 0 Å². The van der Waals surface area contributed by atoms with Crippen LogP contribution >= 0.6 is 0 Å². The number of urea groups is 1. The molecule has 0 radical (unpaired) electrons. The second-order valence-corrected chi connectivity index (χ2v) is 6.77. The third kappa shape index (κ3) is 7.29. The first-order chi connectivity index (χ1) is 13.1. The number of esters is 1. The summed E-state index contributed by atoms with van der Waals surface area (Å²) in [5.74, 6) is -0.517. The number of unbranched alkanes of at least 4 members (excludes halogenated alkanes) is 2. The highest BCUT2D eigenvalue weighted by atomic mass is 16.5. The minimum absolute atomic E-state index is 0.139. The number of hydrogen-bond acceptors (Lipinski definition) is 4. The molecule has 0 spiro atoms. The molecule has 7 nitrogen and oxygen atoms in total. The number of carbonyl (C=O) groups is 3. The van der Waals surface area contributed by atoms with Crippen LogP contribution in [-0.2, 0) is 14.3 Å². The molecule has 1 saturated heterocycles. The lowest BCUT2D eigenvalue weighted by atomic mass is 10.1. The highest BCUT2D eigenvalue weighted by molar-refractivity contribution is 5.85. The van der Waals surface area contributed by atoms with Crippen LogP contribution in [0.3, 0.4) is 0 Å². The van der Waals surface area contributed by atoms with E-state index in [-0.39, 0.29) is 18.3 Å². The Kier molecular flexibility index (Phi) is 8.61. The molecular weight excluding hydrogens is 346 g/mol. The third-order valence-corrected chi connectivity index (χ3v) is 4.60. The van der Waals surface area contributed by atoms with Gasteiger partial charge >= 0.3 is 12.0 Å². The zero-order valence-electron chi connectivity index (χ0n) is 15.7. The average molecular weight is 375 g/mol. The molecular formula is C20H29N3O4. The molecule has 0 bridgehead atoms. The molecule has 0 aromatic heterocycles. The van der Waals surface area contributed by atoms with Gasteiger partial charge in [-0.3, -0.25) is 9.59 Å². The number of nitrogens with zero attached hydrogens (tertiary/aromatic N) is 1. The quantitative estimate of drug-likeness (QED) is 0.511. The van der Waals surface area contributed by atoms with Gasteiger partial charge in [-0.05, 0) is 32.1 Å². The van der Waals surface area contributed by atoms with E-state index in [0.717, 1.165) is 32.1 Å². The van der Waals surface area contributed by atoms with Crippen molar-refractivity contribution < 1.29 is 19.1 Å². The van der Waals surface area contributed by atoms with E-state index in [1.807, 2.05) is 30.3 Å². The van der Waals surface area contributed by atoms with Crippen LogP contribution in [0.1, 0.15) is 56.6 Å². The van der Waals surface area contributed by atoms with E-state index in [1.165, 1.54) is 0 Å². The number of benzene rings is 1. The standard InChI is InChI=1S/C20H29N3O4/c21-20(26)22-13-7-2-6-12-17(24)27-18(16-10-4-1-5-11-16)19(25)23-14-8-3-9-15-23/h1,4-5,10-11,18H,2-3,6-9,12-15H2,(H3,21,22,26)/t18-/m1/s1. The second kappa shape index (κ2) is 11.2. The molecule has 0 saturated carbocycles. The Morgan fingerprint density at radius 1 is 1.04 bits per heavy atom. The molecule has 3 amide bonds. The summed E-state index contributed by atoms with van der Waals surface area (Å²) >= 11 is 0. The van der Waals surface area contributed by atoms with Crippen molar-refractivity contribution in [2.45, 2.75) is 51.0 Å². The lowest BCUT2D eigenvalue weighted by molar-refractivity contribution is -0.161. The first kappa shape index (κ1) is 20.7. The van der Waals surface area contributed by atoms with Crippen LogP contribution < -0.4 is 11.1 Å². The van der Waals surface area contributed by atoms with Crippen LogP contribution in [0.4, 0.5) is 4.79 Å². The first-order valence-electron chi connectivity index (χ1n) is 9.64. The molecule has 148 valence electrons. The van der Waals surface area contributed by atoms with E-state index < -0.39 is 12.1 Å². The van der Waals surface area contributed by atoms with Crippen molar-refractivity contribution in [2.24, 2.45) is 5.73 Å². The molecule has 1 fully saturated rings.